The lowest BCUT2D eigenvalue weighted by Crippen LogP contribution is -2.28. The molecule has 1 aliphatic heterocycles. The first-order chi connectivity index (χ1) is 6.33. The monoisotopic (exact) mass is 221 g/mol. The van der Waals surface area contributed by atoms with Gasteiger partial charge >= 0.3 is 5.97 Å². The molecule has 1 fully saturated rings. The van der Waals surface area contributed by atoms with Gasteiger partial charge in [-0.1, -0.05) is 6.92 Å². The molecule has 1 aliphatic rings. The molecule has 1 saturated heterocycles. The van der Waals surface area contributed by atoms with Gasteiger partial charge in [-0.05, 0) is 38.3 Å². The van der Waals surface area contributed by atoms with Gasteiger partial charge in [0.2, 0.25) is 0 Å². The second-order valence-electron chi connectivity index (χ2n) is 3.56. The van der Waals surface area contributed by atoms with Crippen LogP contribution in [0.15, 0.2) is 0 Å². The molecule has 1 N–H and O–H groups in total. The molecule has 0 amide bonds. The number of hydrogen-bond donors (Lipinski definition) is 1. The maximum absolute atomic E-state index is 10.8. The minimum absolute atomic E-state index is 0. The zero-order chi connectivity index (χ0) is 9.52. The lowest BCUT2D eigenvalue weighted by Gasteiger charge is -2.22. The highest BCUT2D eigenvalue weighted by Gasteiger charge is 2.12. The summed E-state index contributed by atoms with van der Waals surface area (Å²) in [6, 6.07) is 0. The molecule has 0 atom stereocenters. The number of rotatable bonds is 4. The summed E-state index contributed by atoms with van der Waals surface area (Å²) < 4.78 is 5.03. The van der Waals surface area contributed by atoms with Crippen LogP contribution in [0.25, 0.3) is 0 Å². The fraction of sp³-hybridized carbons (Fsp3) is 0.900. The highest BCUT2D eigenvalue weighted by atomic mass is 35.5. The van der Waals surface area contributed by atoms with Crippen molar-refractivity contribution in [1.29, 1.82) is 0 Å². The topological polar surface area (TPSA) is 38.3 Å². The van der Waals surface area contributed by atoms with Crippen molar-refractivity contribution < 1.29 is 9.53 Å². The summed E-state index contributed by atoms with van der Waals surface area (Å²) in [6.45, 7) is 4.67. The second-order valence-corrected chi connectivity index (χ2v) is 3.56. The number of carbonyl (C=O) groups is 1. The van der Waals surface area contributed by atoms with Crippen LogP contribution in [0.2, 0.25) is 0 Å². The van der Waals surface area contributed by atoms with Gasteiger partial charge in [0.25, 0.3) is 0 Å². The van der Waals surface area contributed by atoms with E-state index in [0.717, 1.165) is 25.4 Å². The van der Waals surface area contributed by atoms with Crippen molar-refractivity contribution in [1.82, 2.24) is 5.32 Å². The Morgan fingerprint density at radius 3 is 2.64 bits per heavy atom. The van der Waals surface area contributed by atoms with Crippen LogP contribution in [0.1, 0.15) is 32.6 Å². The van der Waals surface area contributed by atoms with Crippen LogP contribution in [-0.2, 0) is 9.53 Å². The fourth-order valence-electron chi connectivity index (χ4n) is 1.61. The lowest BCUT2D eigenvalue weighted by molar-refractivity contribution is -0.143. The highest BCUT2D eigenvalue weighted by molar-refractivity contribution is 5.85. The van der Waals surface area contributed by atoms with Crippen LogP contribution < -0.4 is 5.32 Å². The zero-order valence-corrected chi connectivity index (χ0v) is 9.57. The summed E-state index contributed by atoms with van der Waals surface area (Å²) in [7, 11) is 0. The van der Waals surface area contributed by atoms with Gasteiger partial charge in [0.05, 0.1) is 6.61 Å². The molecule has 0 radical (unpaired) electrons. The Morgan fingerprint density at radius 1 is 1.43 bits per heavy atom. The van der Waals surface area contributed by atoms with E-state index in [1.807, 2.05) is 6.92 Å². The lowest BCUT2D eigenvalue weighted by atomic mass is 9.95. The van der Waals surface area contributed by atoms with E-state index in [9.17, 15) is 4.79 Å². The molecule has 0 saturated carbocycles. The van der Waals surface area contributed by atoms with Crippen molar-refractivity contribution in [2.45, 2.75) is 32.6 Å². The number of esters is 1. The summed E-state index contributed by atoms with van der Waals surface area (Å²) in [4.78, 5) is 10.8. The number of piperidine rings is 1. The minimum atomic E-state index is -0.0751. The Morgan fingerprint density at radius 2 is 2.07 bits per heavy atom. The molecule has 1 rings (SSSR count). The van der Waals surface area contributed by atoms with Gasteiger partial charge in [0.1, 0.15) is 0 Å². The maximum atomic E-state index is 10.8. The van der Waals surface area contributed by atoms with E-state index in [4.69, 9.17) is 4.74 Å². The van der Waals surface area contributed by atoms with Gasteiger partial charge in [-0.15, -0.1) is 12.4 Å². The summed E-state index contributed by atoms with van der Waals surface area (Å²) >= 11 is 0. The van der Waals surface area contributed by atoms with Gasteiger partial charge in [0.15, 0.2) is 0 Å². The van der Waals surface area contributed by atoms with E-state index in [1.54, 1.807) is 0 Å². The zero-order valence-electron chi connectivity index (χ0n) is 8.75. The minimum Gasteiger partial charge on any atom is -0.466 e. The number of hydrogen-bond acceptors (Lipinski definition) is 3. The predicted octanol–water partition coefficient (Wildman–Crippen LogP) is 1.75. The average molecular weight is 222 g/mol. The maximum Gasteiger partial charge on any atom is 0.305 e. The molecule has 0 spiro atoms. The van der Waals surface area contributed by atoms with Crippen molar-refractivity contribution in [3.05, 3.63) is 0 Å². The molecule has 0 aliphatic carbocycles. The van der Waals surface area contributed by atoms with Crippen LogP contribution in [0, 0.1) is 5.92 Å². The summed E-state index contributed by atoms with van der Waals surface area (Å²) in [5.41, 5.74) is 0. The summed E-state index contributed by atoms with van der Waals surface area (Å²) in [5.74, 6) is 0.680. The number of nitrogens with one attached hydrogen (secondary N) is 1. The van der Waals surface area contributed by atoms with Crippen LogP contribution in [0.5, 0.6) is 0 Å². The molecule has 3 nitrogen and oxygen atoms in total. The molecule has 0 aromatic carbocycles. The van der Waals surface area contributed by atoms with E-state index >= 15 is 0 Å². The van der Waals surface area contributed by atoms with E-state index in [2.05, 4.69) is 5.32 Å². The first-order valence-electron chi connectivity index (χ1n) is 5.19. The summed E-state index contributed by atoms with van der Waals surface area (Å²) in [6.07, 6.45) is 3.98. The Labute approximate surface area is 92.0 Å². The molecule has 14 heavy (non-hydrogen) atoms. The van der Waals surface area contributed by atoms with E-state index in [1.165, 1.54) is 12.8 Å². The number of halogens is 1. The van der Waals surface area contributed by atoms with E-state index in [0.29, 0.717) is 13.0 Å². The molecule has 84 valence electrons. The van der Waals surface area contributed by atoms with Gasteiger partial charge in [-0.25, -0.2) is 0 Å². The Kier molecular flexibility index (Phi) is 7.90. The van der Waals surface area contributed by atoms with Crippen LogP contribution in [0.4, 0.5) is 0 Å². The van der Waals surface area contributed by atoms with Crippen LogP contribution >= 0.6 is 12.4 Å². The van der Waals surface area contributed by atoms with Gasteiger partial charge < -0.3 is 10.1 Å². The third-order valence-electron chi connectivity index (χ3n) is 2.54. The SMILES string of the molecule is CCC(=O)OCCC1CCNCC1.Cl. The molecular weight excluding hydrogens is 202 g/mol. The quantitative estimate of drug-likeness (QED) is 0.736. The van der Waals surface area contributed by atoms with Crippen molar-refractivity contribution in [3.63, 3.8) is 0 Å². The molecule has 0 aromatic rings. The molecule has 4 heteroatoms. The van der Waals surface area contributed by atoms with Gasteiger partial charge in [-0.3, -0.25) is 4.79 Å². The Hall–Kier alpha value is -0.280. The molecule has 0 aromatic heterocycles. The third-order valence-corrected chi connectivity index (χ3v) is 2.54. The molecule has 0 unspecified atom stereocenters. The van der Waals surface area contributed by atoms with Crippen molar-refractivity contribution >= 4 is 18.4 Å². The van der Waals surface area contributed by atoms with Gasteiger partial charge in [-0.2, -0.15) is 0 Å². The number of ether oxygens (including phenoxy) is 1. The second kappa shape index (κ2) is 8.06. The van der Waals surface area contributed by atoms with Gasteiger partial charge in [0, 0.05) is 6.42 Å². The molecular formula is C10H20ClNO2. The first kappa shape index (κ1) is 13.7. The van der Waals surface area contributed by atoms with E-state index < -0.39 is 0 Å². The first-order valence-corrected chi connectivity index (χ1v) is 5.19. The fourth-order valence-corrected chi connectivity index (χ4v) is 1.61. The van der Waals surface area contributed by atoms with Crippen molar-refractivity contribution in [2.24, 2.45) is 5.92 Å². The van der Waals surface area contributed by atoms with Crippen molar-refractivity contribution in [2.75, 3.05) is 19.7 Å². The normalized spacial score (nSPS) is 17.2. The van der Waals surface area contributed by atoms with E-state index in [-0.39, 0.29) is 18.4 Å². The summed E-state index contributed by atoms with van der Waals surface area (Å²) in [5, 5.41) is 3.32. The smallest absolute Gasteiger partial charge is 0.305 e. The Balaban J connectivity index is 0.00000169. The standard InChI is InChI=1S/C10H19NO2.ClH/c1-2-10(12)13-8-5-9-3-6-11-7-4-9;/h9,11H,2-8H2,1H3;1H. The molecule has 0 bridgehead atoms. The number of carbonyl (C=O) groups excluding carboxylic acids is 1. The van der Waals surface area contributed by atoms with Crippen LogP contribution in [-0.4, -0.2) is 25.7 Å². The van der Waals surface area contributed by atoms with Crippen molar-refractivity contribution in [3.8, 4) is 0 Å². The van der Waals surface area contributed by atoms with Crippen LogP contribution in [0.3, 0.4) is 0 Å². The largest absolute Gasteiger partial charge is 0.466 e. The average Bonchev–Trinajstić information content (AvgIpc) is 2.19. The molecule has 1 heterocycles. The third kappa shape index (κ3) is 5.45. The predicted molar refractivity (Wildman–Crippen MR) is 58.7 cm³/mol. The Bertz CT molecular complexity index is 158. The highest BCUT2D eigenvalue weighted by Crippen LogP contribution is 2.15.